The Balaban J connectivity index is 2.55. The number of rotatable bonds is 6. The van der Waals surface area contributed by atoms with Crippen LogP contribution in [0.5, 0.6) is 0 Å². The summed E-state index contributed by atoms with van der Waals surface area (Å²) < 4.78 is 0. The van der Waals surface area contributed by atoms with E-state index in [0.717, 1.165) is 25.5 Å². The van der Waals surface area contributed by atoms with Crippen molar-refractivity contribution in [3.8, 4) is 0 Å². The highest BCUT2D eigenvalue weighted by atomic mass is 15.2. The summed E-state index contributed by atoms with van der Waals surface area (Å²) in [5.41, 5.74) is 11.8. The van der Waals surface area contributed by atoms with E-state index in [0.29, 0.717) is 17.5 Å². The summed E-state index contributed by atoms with van der Waals surface area (Å²) in [7, 11) is 0. The molecule has 0 bridgehead atoms. The van der Waals surface area contributed by atoms with Crippen LogP contribution in [-0.4, -0.2) is 35.6 Å². The van der Waals surface area contributed by atoms with Gasteiger partial charge in [0.05, 0.1) is 5.69 Å². The van der Waals surface area contributed by atoms with Crippen LogP contribution in [0.2, 0.25) is 0 Å². The molecule has 1 heterocycles. The average Bonchev–Trinajstić information content (AvgIpc) is 2.31. The zero-order chi connectivity index (χ0) is 12.8. The maximum absolute atomic E-state index is 5.66. The minimum Gasteiger partial charge on any atom is -0.396 e. The molecule has 0 aromatic carbocycles. The third-order valence-electron chi connectivity index (χ3n) is 2.78. The predicted molar refractivity (Wildman–Crippen MR) is 73.9 cm³/mol. The van der Waals surface area contributed by atoms with Crippen LogP contribution in [0.3, 0.4) is 0 Å². The molecule has 1 atom stereocenters. The number of nitrogen functional groups attached to an aromatic ring is 2. The van der Waals surface area contributed by atoms with Crippen molar-refractivity contribution in [3.63, 3.8) is 0 Å². The molecule has 0 saturated heterocycles. The molecule has 0 saturated carbocycles. The molecular weight excluding hydrogens is 214 g/mol. The summed E-state index contributed by atoms with van der Waals surface area (Å²) >= 11 is 0. The third kappa shape index (κ3) is 4.11. The first-order valence-corrected chi connectivity index (χ1v) is 6.07. The number of pyridine rings is 1. The summed E-state index contributed by atoms with van der Waals surface area (Å²) in [6, 6.07) is 3.95. The fourth-order valence-electron chi connectivity index (χ4n) is 1.73. The number of anilines is 3. The lowest BCUT2D eigenvalue weighted by Crippen LogP contribution is -2.34. The molecule has 1 rings (SSSR count). The SMILES string of the molecule is CCN(CC)CC(C)Nc1ccc(N)c(N)n1. The van der Waals surface area contributed by atoms with Crippen molar-refractivity contribution in [1.82, 2.24) is 9.88 Å². The van der Waals surface area contributed by atoms with Crippen LogP contribution in [0.15, 0.2) is 12.1 Å². The van der Waals surface area contributed by atoms with Crippen molar-refractivity contribution in [1.29, 1.82) is 0 Å². The highest BCUT2D eigenvalue weighted by molar-refractivity contribution is 5.61. The molecule has 5 nitrogen and oxygen atoms in total. The number of hydrogen-bond acceptors (Lipinski definition) is 5. The van der Waals surface area contributed by atoms with Crippen LogP contribution < -0.4 is 16.8 Å². The molecule has 96 valence electrons. The topological polar surface area (TPSA) is 80.2 Å². The number of likely N-dealkylation sites (N-methyl/N-ethyl adjacent to an activating group) is 1. The van der Waals surface area contributed by atoms with Crippen molar-refractivity contribution < 1.29 is 0 Å². The van der Waals surface area contributed by atoms with Crippen LogP contribution in [0.25, 0.3) is 0 Å². The van der Waals surface area contributed by atoms with E-state index in [4.69, 9.17) is 11.5 Å². The minimum absolute atomic E-state index is 0.324. The molecule has 5 heteroatoms. The second-order valence-electron chi connectivity index (χ2n) is 4.20. The number of hydrogen-bond donors (Lipinski definition) is 3. The Morgan fingerprint density at radius 1 is 1.29 bits per heavy atom. The fraction of sp³-hybridized carbons (Fsp3) is 0.583. The zero-order valence-electron chi connectivity index (χ0n) is 10.9. The Kier molecular flexibility index (Phi) is 5.03. The monoisotopic (exact) mass is 237 g/mol. The molecule has 0 amide bonds. The van der Waals surface area contributed by atoms with Gasteiger partial charge in [-0.15, -0.1) is 0 Å². The van der Waals surface area contributed by atoms with Gasteiger partial charge in [-0.25, -0.2) is 4.98 Å². The van der Waals surface area contributed by atoms with Crippen molar-refractivity contribution in [2.24, 2.45) is 0 Å². The van der Waals surface area contributed by atoms with Gasteiger partial charge in [-0.3, -0.25) is 0 Å². The molecule has 1 aromatic heterocycles. The van der Waals surface area contributed by atoms with Gasteiger partial charge in [0, 0.05) is 12.6 Å². The Bertz CT molecular complexity index is 349. The predicted octanol–water partition coefficient (Wildman–Crippen LogP) is 1.39. The molecular formula is C12H23N5. The van der Waals surface area contributed by atoms with E-state index in [1.807, 2.05) is 6.07 Å². The third-order valence-corrected chi connectivity index (χ3v) is 2.78. The smallest absolute Gasteiger partial charge is 0.149 e. The summed E-state index contributed by atoms with van der Waals surface area (Å²) in [4.78, 5) is 6.55. The Morgan fingerprint density at radius 2 is 1.94 bits per heavy atom. The summed E-state index contributed by atoms with van der Waals surface area (Å²) in [5, 5.41) is 3.32. The molecule has 17 heavy (non-hydrogen) atoms. The van der Waals surface area contributed by atoms with Gasteiger partial charge in [-0.2, -0.15) is 0 Å². The van der Waals surface area contributed by atoms with Gasteiger partial charge < -0.3 is 21.7 Å². The van der Waals surface area contributed by atoms with Gasteiger partial charge >= 0.3 is 0 Å². The molecule has 0 aliphatic rings. The van der Waals surface area contributed by atoms with Crippen molar-refractivity contribution in [2.45, 2.75) is 26.8 Å². The summed E-state index contributed by atoms with van der Waals surface area (Å²) in [5.74, 6) is 1.15. The Morgan fingerprint density at radius 3 is 2.47 bits per heavy atom. The van der Waals surface area contributed by atoms with Gasteiger partial charge in [0.2, 0.25) is 0 Å². The second-order valence-corrected chi connectivity index (χ2v) is 4.20. The van der Waals surface area contributed by atoms with E-state index in [9.17, 15) is 0 Å². The van der Waals surface area contributed by atoms with Crippen molar-refractivity contribution in [3.05, 3.63) is 12.1 Å². The van der Waals surface area contributed by atoms with E-state index in [1.165, 1.54) is 0 Å². The number of nitrogens with two attached hydrogens (primary N) is 2. The molecule has 0 aliphatic heterocycles. The number of aromatic nitrogens is 1. The first kappa shape index (κ1) is 13.6. The molecule has 1 aromatic rings. The average molecular weight is 237 g/mol. The lowest BCUT2D eigenvalue weighted by atomic mass is 10.3. The molecule has 0 aliphatic carbocycles. The zero-order valence-corrected chi connectivity index (χ0v) is 10.9. The summed E-state index contributed by atoms with van der Waals surface area (Å²) in [6.45, 7) is 9.55. The van der Waals surface area contributed by atoms with Crippen LogP contribution in [0, 0.1) is 0 Å². The van der Waals surface area contributed by atoms with Gasteiger partial charge in [0.25, 0.3) is 0 Å². The lowest BCUT2D eigenvalue weighted by molar-refractivity contribution is 0.294. The van der Waals surface area contributed by atoms with Crippen molar-refractivity contribution in [2.75, 3.05) is 36.4 Å². The van der Waals surface area contributed by atoms with E-state index in [2.05, 4.69) is 36.0 Å². The molecule has 0 fully saturated rings. The van der Waals surface area contributed by atoms with Gasteiger partial charge in [0.15, 0.2) is 0 Å². The maximum Gasteiger partial charge on any atom is 0.149 e. The molecule has 1 unspecified atom stereocenters. The molecule has 0 radical (unpaired) electrons. The van der Waals surface area contributed by atoms with E-state index >= 15 is 0 Å². The van der Waals surface area contributed by atoms with Crippen LogP contribution in [0.4, 0.5) is 17.3 Å². The van der Waals surface area contributed by atoms with Gasteiger partial charge in [-0.05, 0) is 32.1 Å². The van der Waals surface area contributed by atoms with Gasteiger partial charge in [-0.1, -0.05) is 13.8 Å². The molecule has 5 N–H and O–H groups in total. The molecule has 0 spiro atoms. The van der Waals surface area contributed by atoms with Gasteiger partial charge in [0.1, 0.15) is 11.6 Å². The first-order valence-electron chi connectivity index (χ1n) is 6.07. The second kappa shape index (κ2) is 6.30. The fourth-order valence-corrected chi connectivity index (χ4v) is 1.73. The van der Waals surface area contributed by atoms with E-state index in [1.54, 1.807) is 6.07 Å². The van der Waals surface area contributed by atoms with E-state index < -0.39 is 0 Å². The largest absolute Gasteiger partial charge is 0.396 e. The van der Waals surface area contributed by atoms with Crippen LogP contribution >= 0.6 is 0 Å². The van der Waals surface area contributed by atoms with Crippen LogP contribution in [0.1, 0.15) is 20.8 Å². The standard InChI is InChI=1S/C12H23N5/c1-4-17(5-2)8-9(3)15-11-7-6-10(13)12(14)16-11/h6-7,9H,4-5,8,13H2,1-3H3,(H3,14,15,16). The van der Waals surface area contributed by atoms with Crippen molar-refractivity contribution >= 4 is 17.3 Å². The number of nitrogens with zero attached hydrogens (tertiary/aromatic N) is 2. The minimum atomic E-state index is 0.324. The first-order chi connectivity index (χ1) is 8.06. The highest BCUT2D eigenvalue weighted by Gasteiger charge is 2.08. The normalized spacial score (nSPS) is 12.7. The van der Waals surface area contributed by atoms with E-state index in [-0.39, 0.29) is 0 Å². The summed E-state index contributed by atoms with van der Waals surface area (Å²) in [6.07, 6.45) is 0. The number of nitrogens with one attached hydrogen (secondary N) is 1. The van der Waals surface area contributed by atoms with Crippen LogP contribution in [-0.2, 0) is 0 Å². The Hall–Kier alpha value is -1.49. The Labute approximate surface area is 103 Å². The quantitative estimate of drug-likeness (QED) is 0.696. The lowest BCUT2D eigenvalue weighted by Gasteiger charge is -2.23. The highest BCUT2D eigenvalue weighted by Crippen LogP contribution is 2.15. The maximum atomic E-state index is 5.66.